The third-order valence-corrected chi connectivity index (χ3v) is 2.21. The van der Waals surface area contributed by atoms with Gasteiger partial charge >= 0.3 is 5.97 Å². The minimum Gasteiger partial charge on any atom is -0.479 e. The van der Waals surface area contributed by atoms with Gasteiger partial charge in [-0.1, -0.05) is 0 Å². The Morgan fingerprint density at radius 1 is 1.29 bits per heavy atom. The predicted molar refractivity (Wildman–Crippen MR) is 59.9 cm³/mol. The van der Waals surface area contributed by atoms with E-state index in [0.29, 0.717) is 0 Å². The molecule has 7 nitrogen and oxygen atoms in total. The largest absolute Gasteiger partial charge is 0.479 e. The second-order valence-electron chi connectivity index (χ2n) is 3.21. The van der Waals surface area contributed by atoms with Gasteiger partial charge in [-0.15, -0.1) is 0 Å². The predicted octanol–water partition coefficient (Wildman–Crippen LogP) is -0.910. The molecule has 0 amide bonds. The van der Waals surface area contributed by atoms with Gasteiger partial charge in [0.15, 0.2) is 6.10 Å². The smallest absolute Gasteiger partial charge is 0.334 e. The highest BCUT2D eigenvalue weighted by Crippen LogP contribution is 2.12. The molecule has 0 aliphatic heterocycles. The van der Waals surface area contributed by atoms with E-state index in [1.54, 1.807) is 0 Å². The van der Waals surface area contributed by atoms with Crippen molar-refractivity contribution in [3.05, 3.63) is 0 Å². The zero-order valence-electron chi connectivity index (χ0n) is 13.4. The molecule has 0 aliphatic carbocycles. The fourth-order valence-electron chi connectivity index (χ4n) is 1.34. The fraction of sp³-hybridized carbons (Fsp3) is 0.900. The second-order valence-corrected chi connectivity index (χ2v) is 3.21. The van der Waals surface area contributed by atoms with E-state index < -0.39 is 51.6 Å². The van der Waals surface area contributed by atoms with Crippen LogP contribution in [0.15, 0.2) is 0 Å². The molecule has 0 aliphatic rings. The van der Waals surface area contributed by atoms with Gasteiger partial charge in [-0.2, -0.15) is 0 Å². The van der Waals surface area contributed by atoms with Gasteiger partial charge in [0.2, 0.25) is 0 Å². The zero-order chi connectivity index (χ0) is 16.3. The van der Waals surface area contributed by atoms with Gasteiger partial charge in [0.1, 0.15) is 12.2 Å². The molecule has 7 heteroatoms. The van der Waals surface area contributed by atoms with Crippen LogP contribution in [0.25, 0.3) is 0 Å². The van der Waals surface area contributed by atoms with Gasteiger partial charge in [0.05, 0.1) is 18.1 Å². The fourth-order valence-corrected chi connectivity index (χ4v) is 1.34. The van der Waals surface area contributed by atoms with Gasteiger partial charge in [-0.05, 0) is 0 Å². The molecule has 0 radical (unpaired) electrons. The first kappa shape index (κ1) is 10.2. The van der Waals surface area contributed by atoms with E-state index in [-0.39, 0.29) is 13.7 Å². The average Bonchev–Trinajstić information content (AvgIpc) is 2.46. The lowest BCUT2D eigenvalue weighted by molar-refractivity contribution is -0.155. The molecule has 0 bridgehead atoms. The molecule has 0 saturated carbocycles. The SMILES string of the molecule is [2H]COC[C@@H](OC[2H])[C@@H](OC[2H])[C@@H](N)[C@H](OC[2H])C(=O)O. The Hall–Kier alpha value is -0.730. The number of ether oxygens (including phenoxy) is 4. The van der Waals surface area contributed by atoms with E-state index in [0.717, 1.165) is 0 Å². The number of carboxylic acid groups (broad SMARTS) is 1. The van der Waals surface area contributed by atoms with E-state index in [2.05, 4.69) is 0 Å². The van der Waals surface area contributed by atoms with Crippen LogP contribution in [-0.4, -0.2) is 70.4 Å². The molecule has 17 heavy (non-hydrogen) atoms. The third-order valence-electron chi connectivity index (χ3n) is 2.21. The summed E-state index contributed by atoms with van der Waals surface area (Å²) in [7, 11) is -1.92. The summed E-state index contributed by atoms with van der Waals surface area (Å²) < 4.78 is 47.8. The molecule has 0 heterocycles. The lowest BCUT2D eigenvalue weighted by Crippen LogP contribution is -2.55. The summed E-state index contributed by atoms with van der Waals surface area (Å²) in [6.45, 7) is -0.145. The van der Waals surface area contributed by atoms with Crippen molar-refractivity contribution in [2.75, 3.05) is 35.0 Å². The molecule has 0 aromatic carbocycles. The van der Waals surface area contributed by atoms with Gasteiger partial charge in [-0.3, -0.25) is 0 Å². The highest BCUT2D eigenvalue weighted by molar-refractivity contribution is 5.73. The average molecular weight is 255 g/mol. The van der Waals surface area contributed by atoms with Crippen LogP contribution in [0.1, 0.15) is 5.48 Å². The molecule has 0 fully saturated rings. The van der Waals surface area contributed by atoms with Gasteiger partial charge in [0.25, 0.3) is 0 Å². The number of aliphatic carboxylic acids is 1. The highest BCUT2D eigenvalue weighted by Gasteiger charge is 2.36. The van der Waals surface area contributed by atoms with Crippen LogP contribution in [0.3, 0.4) is 0 Å². The van der Waals surface area contributed by atoms with Crippen molar-refractivity contribution < 1.29 is 34.3 Å². The molecule has 3 N–H and O–H groups in total. The molecule has 0 rings (SSSR count). The van der Waals surface area contributed by atoms with E-state index >= 15 is 0 Å². The Kier molecular flexibility index (Phi) is 5.03. The van der Waals surface area contributed by atoms with Crippen molar-refractivity contribution in [1.29, 1.82) is 0 Å². The number of nitrogens with two attached hydrogens (primary N) is 1. The molecule has 0 saturated heterocycles. The normalized spacial score (nSPS) is 21.5. The minimum absolute atomic E-state index is 0.145. The number of hydrogen-bond donors (Lipinski definition) is 2. The van der Waals surface area contributed by atoms with Crippen LogP contribution in [0.4, 0.5) is 0 Å². The summed E-state index contributed by atoms with van der Waals surface area (Å²) in [6.07, 6.45) is -3.54. The molecule has 0 aromatic rings. The monoisotopic (exact) mass is 255 g/mol. The minimum atomic E-state index is -1.52. The summed E-state index contributed by atoms with van der Waals surface area (Å²) in [6, 6.07) is -1.23. The maximum Gasteiger partial charge on any atom is 0.334 e. The Bertz CT molecular complexity index is 288. The van der Waals surface area contributed by atoms with Crippen molar-refractivity contribution in [3.8, 4) is 0 Å². The molecular weight excluding hydrogens is 230 g/mol. The highest BCUT2D eigenvalue weighted by atomic mass is 16.6. The van der Waals surface area contributed by atoms with E-state index in [9.17, 15) is 4.79 Å². The lowest BCUT2D eigenvalue weighted by atomic mass is 10.0. The van der Waals surface area contributed by atoms with Crippen molar-refractivity contribution in [2.24, 2.45) is 5.73 Å². The van der Waals surface area contributed by atoms with E-state index in [1.165, 1.54) is 0 Å². The Morgan fingerprint density at radius 3 is 2.53 bits per heavy atom. The lowest BCUT2D eigenvalue weighted by Gasteiger charge is -2.31. The summed E-state index contributed by atoms with van der Waals surface area (Å²) in [5, 5.41) is 9.05. The molecular formula is C10H21NO6. The standard InChI is InChI=1S/C10H21NO6/c1-14-5-6(15-2)8(16-3)7(11)9(17-4)10(12)13/h6-9H,5,11H2,1-4H3,(H,12,13)/t6-,7-,8-,9+/m1/s1/i1D,2D,3D,4D. The van der Waals surface area contributed by atoms with Crippen LogP contribution in [-0.2, 0) is 23.7 Å². The summed E-state index contributed by atoms with van der Waals surface area (Å²) in [5.74, 6) is -1.38. The first-order chi connectivity index (χ1) is 10.0. The van der Waals surface area contributed by atoms with Gasteiger partial charge < -0.3 is 29.8 Å². The second kappa shape index (κ2) is 8.37. The molecule has 0 unspecified atom stereocenters. The third kappa shape index (κ3) is 4.57. The molecule has 0 aromatic heterocycles. The van der Waals surface area contributed by atoms with E-state index in [4.69, 9.17) is 35.3 Å². The van der Waals surface area contributed by atoms with Crippen LogP contribution >= 0.6 is 0 Å². The van der Waals surface area contributed by atoms with Crippen molar-refractivity contribution in [1.82, 2.24) is 0 Å². The van der Waals surface area contributed by atoms with Crippen LogP contribution < -0.4 is 5.73 Å². The van der Waals surface area contributed by atoms with Crippen LogP contribution in [0.2, 0.25) is 0 Å². The number of carbonyl (C=O) groups is 1. The quantitative estimate of drug-likeness (QED) is 0.550. The van der Waals surface area contributed by atoms with Crippen molar-refractivity contribution >= 4 is 5.97 Å². The maximum absolute atomic E-state index is 11.1. The number of carboxylic acids is 1. The summed E-state index contributed by atoms with van der Waals surface area (Å²) in [4.78, 5) is 11.1. The number of hydrogen-bond acceptors (Lipinski definition) is 6. The molecule has 4 atom stereocenters. The Morgan fingerprint density at radius 2 is 2.00 bits per heavy atom. The van der Waals surface area contributed by atoms with Crippen molar-refractivity contribution in [2.45, 2.75) is 24.4 Å². The molecule has 102 valence electrons. The maximum atomic E-state index is 11.1. The van der Waals surface area contributed by atoms with E-state index in [1.807, 2.05) is 0 Å². The topological polar surface area (TPSA) is 100 Å². The van der Waals surface area contributed by atoms with Crippen molar-refractivity contribution in [3.63, 3.8) is 0 Å². The van der Waals surface area contributed by atoms with Crippen LogP contribution in [0, 0.1) is 0 Å². The summed E-state index contributed by atoms with van der Waals surface area (Å²) in [5.41, 5.74) is 5.80. The van der Waals surface area contributed by atoms with Gasteiger partial charge in [0, 0.05) is 28.3 Å². The first-order valence-corrected chi connectivity index (χ1v) is 4.61. The summed E-state index contributed by atoms with van der Waals surface area (Å²) >= 11 is 0. The Balaban J connectivity index is 5.05. The number of rotatable bonds is 9. The first-order valence-electron chi connectivity index (χ1n) is 7.44. The van der Waals surface area contributed by atoms with Gasteiger partial charge in [-0.25, -0.2) is 4.79 Å². The molecule has 0 spiro atoms. The number of methoxy groups -OCH3 is 4. The Labute approximate surface area is 106 Å². The van der Waals surface area contributed by atoms with Crippen LogP contribution in [0.5, 0.6) is 0 Å². The zero-order valence-corrected chi connectivity index (χ0v) is 9.41.